The summed E-state index contributed by atoms with van der Waals surface area (Å²) in [4.78, 5) is 27.3. The topological polar surface area (TPSA) is 58.6 Å². The maximum Gasteiger partial charge on any atom is 0.229 e. The number of ether oxygens (including phenoxy) is 1. The fourth-order valence-electron chi connectivity index (χ4n) is 4.33. The first-order valence-corrected chi connectivity index (χ1v) is 11.8. The molecule has 4 rings (SSSR count). The first kappa shape index (κ1) is 23.6. The van der Waals surface area contributed by atoms with Gasteiger partial charge in [-0.1, -0.05) is 38.1 Å². The summed E-state index contributed by atoms with van der Waals surface area (Å²) < 4.78 is 6.15. The Kier molecular flexibility index (Phi) is 6.73. The van der Waals surface area contributed by atoms with Gasteiger partial charge in [0.05, 0.1) is 5.92 Å². The lowest BCUT2D eigenvalue weighted by atomic mass is 10.0. The van der Waals surface area contributed by atoms with E-state index in [0.717, 1.165) is 33.7 Å². The molecule has 5 nitrogen and oxygen atoms in total. The Hall–Kier alpha value is -3.60. The van der Waals surface area contributed by atoms with Crippen LogP contribution in [0.4, 0.5) is 11.4 Å². The highest BCUT2D eigenvalue weighted by Crippen LogP contribution is 2.33. The molecule has 1 atom stereocenters. The zero-order chi connectivity index (χ0) is 24.4. The fraction of sp³-hybridized carbons (Fsp3) is 0.310. The van der Waals surface area contributed by atoms with E-state index >= 15 is 0 Å². The summed E-state index contributed by atoms with van der Waals surface area (Å²) in [6.45, 7) is 10.8. The summed E-state index contributed by atoms with van der Waals surface area (Å²) in [5, 5.41) is 2.96. The third kappa shape index (κ3) is 4.98. The normalized spacial score (nSPS) is 15.6. The number of carbonyl (C=O) groups is 2. The molecule has 0 aromatic heterocycles. The van der Waals surface area contributed by atoms with E-state index in [0.29, 0.717) is 23.9 Å². The van der Waals surface area contributed by atoms with E-state index < -0.39 is 0 Å². The third-order valence-electron chi connectivity index (χ3n) is 6.50. The average molecular weight is 457 g/mol. The molecule has 1 saturated heterocycles. The lowest BCUT2D eigenvalue weighted by Crippen LogP contribution is -2.28. The Morgan fingerprint density at radius 2 is 1.76 bits per heavy atom. The van der Waals surface area contributed by atoms with Gasteiger partial charge in [-0.2, -0.15) is 0 Å². The molecule has 0 saturated carbocycles. The molecule has 176 valence electrons. The molecular weight excluding hydrogens is 424 g/mol. The number of benzene rings is 3. The zero-order valence-corrected chi connectivity index (χ0v) is 20.5. The van der Waals surface area contributed by atoms with Gasteiger partial charge in [-0.25, -0.2) is 0 Å². The standard InChI is InChI=1S/C29H32N2O3/c1-18(2)25-14-9-19(3)15-27(25)34-24-12-10-23(11-13-24)30-29(33)22-16-28(32)31(17-22)26-8-6-7-20(4)21(26)5/h6-15,18,22H,16-17H2,1-5H3,(H,30,33)/t22-/m0/s1. The number of amides is 2. The molecule has 34 heavy (non-hydrogen) atoms. The van der Waals surface area contributed by atoms with Gasteiger partial charge in [-0.15, -0.1) is 0 Å². The summed E-state index contributed by atoms with van der Waals surface area (Å²) in [6, 6.07) is 19.5. The van der Waals surface area contributed by atoms with E-state index in [-0.39, 0.29) is 24.2 Å². The molecule has 0 unspecified atom stereocenters. The van der Waals surface area contributed by atoms with Gasteiger partial charge in [0, 0.05) is 24.3 Å². The molecule has 0 bridgehead atoms. The first-order chi connectivity index (χ1) is 16.2. The molecule has 3 aromatic carbocycles. The minimum atomic E-state index is -0.385. The van der Waals surface area contributed by atoms with Crippen molar-refractivity contribution in [2.75, 3.05) is 16.8 Å². The number of hydrogen-bond acceptors (Lipinski definition) is 3. The number of hydrogen-bond donors (Lipinski definition) is 1. The summed E-state index contributed by atoms with van der Waals surface area (Å²) in [7, 11) is 0. The molecule has 1 heterocycles. The number of carbonyl (C=O) groups excluding carboxylic acids is 2. The first-order valence-electron chi connectivity index (χ1n) is 11.8. The predicted octanol–water partition coefficient (Wildman–Crippen LogP) is 6.52. The van der Waals surface area contributed by atoms with E-state index in [4.69, 9.17) is 4.74 Å². The van der Waals surface area contributed by atoms with Gasteiger partial charge >= 0.3 is 0 Å². The lowest BCUT2D eigenvalue weighted by Gasteiger charge is -2.20. The molecule has 0 spiro atoms. The summed E-state index contributed by atoms with van der Waals surface area (Å²) in [5.41, 5.74) is 6.07. The van der Waals surface area contributed by atoms with Gasteiger partial charge in [0.2, 0.25) is 11.8 Å². The van der Waals surface area contributed by atoms with E-state index in [2.05, 4.69) is 31.3 Å². The minimum Gasteiger partial charge on any atom is -0.457 e. The van der Waals surface area contributed by atoms with Crippen molar-refractivity contribution in [2.24, 2.45) is 5.92 Å². The summed E-state index contributed by atoms with van der Waals surface area (Å²) in [6.07, 6.45) is 0.214. The van der Waals surface area contributed by atoms with Crippen LogP contribution in [0.25, 0.3) is 0 Å². The van der Waals surface area contributed by atoms with Crippen LogP contribution in [0.2, 0.25) is 0 Å². The number of anilines is 2. The van der Waals surface area contributed by atoms with E-state index in [1.807, 2.05) is 69.3 Å². The van der Waals surface area contributed by atoms with Crippen LogP contribution in [0.3, 0.4) is 0 Å². The summed E-state index contributed by atoms with van der Waals surface area (Å²) >= 11 is 0. The van der Waals surface area contributed by atoms with Crippen molar-refractivity contribution in [3.05, 3.63) is 82.9 Å². The Labute approximate surface area is 201 Å². The molecule has 1 fully saturated rings. The molecule has 3 aromatic rings. The number of rotatable bonds is 6. The zero-order valence-electron chi connectivity index (χ0n) is 20.5. The highest BCUT2D eigenvalue weighted by Gasteiger charge is 2.35. The molecule has 2 amide bonds. The number of aryl methyl sites for hydroxylation is 2. The summed E-state index contributed by atoms with van der Waals surface area (Å²) in [5.74, 6) is 1.37. The highest BCUT2D eigenvalue weighted by molar-refractivity contribution is 6.03. The quantitative estimate of drug-likeness (QED) is 0.459. The van der Waals surface area contributed by atoms with Crippen molar-refractivity contribution >= 4 is 23.2 Å². The second-order valence-electron chi connectivity index (χ2n) is 9.44. The molecule has 0 aliphatic carbocycles. The number of nitrogens with one attached hydrogen (secondary N) is 1. The SMILES string of the molecule is Cc1ccc(C(C)C)c(Oc2ccc(NC(=O)[C@H]3CC(=O)N(c4cccc(C)c4C)C3)cc2)c1. The van der Waals surface area contributed by atoms with Gasteiger partial charge in [-0.3, -0.25) is 9.59 Å². The predicted molar refractivity (Wildman–Crippen MR) is 137 cm³/mol. The molecule has 1 aliphatic rings. The monoisotopic (exact) mass is 456 g/mol. The second-order valence-corrected chi connectivity index (χ2v) is 9.44. The van der Waals surface area contributed by atoms with Crippen LogP contribution in [0.5, 0.6) is 11.5 Å². The van der Waals surface area contributed by atoms with Crippen LogP contribution in [-0.2, 0) is 9.59 Å². The van der Waals surface area contributed by atoms with Crippen LogP contribution in [0, 0.1) is 26.7 Å². The van der Waals surface area contributed by atoms with Crippen LogP contribution < -0.4 is 15.0 Å². The van der Waals surface area contributed by atoms with Crippen molar-refractivity contribution in [2.45, 2.75) is 47.0 Å². The second kappa shape index (κ2) is 9.72. The third-order valence-corrected chi connectivity index (χ3v) is 6.50. The Balaban J connectivity index is 1.41. The van der Waals surface area contributed by atoms with Gasteiger partial charge in [0.25, 0.3) is 0 Å². The lowest BCUT2D eigenvalue weighted by molar-refractivity contribution is -0.122. The number of nitrogens with zero attached hydrogens (tertiary/aromatic N) is 1. The van der Waals surface area contributed by atoms with Crippen molar-refractivity contribution in [1.82, 2.24) is 0 Å². The average Bonchev–Trinajstić information content (AvgIpc) is 3.18. The van der Waals surface area contributed by atoms with Gasteiger partial charge in [0.1, 0.15) is 11.5 Å². The van der Waals surface area contributed by atoms with Gasteiger partial charge < -0.3 is 15.0 Å². The highest BCUT2D eigenvalue weighted by atomic mass is 16.5. The largest absolute Gasteiger partial charge is 0.457 e. The van der Waals surface area contributed by atoms with Crippen molar-refractivity contribution in [1.29, 1.82) is 0 Å². The smallest absolute Gasteiger partial charge is 0.229 e. The maximum atomic E-state index is 12.9. The van der Waals surface area contributed by atoms with Crippen molar-refractivity contribution in [3.8, 4) is 11.5 Å². The molecule has 1 N–H and O–H groups in total. The van der Waals surface area contributed by atoms with Crippen LogP contribution in [-0.4, -0.2) is 18.4 Å². The van der Waals surface area contributed by atoms with Gasteiger partial charge in [0.15, 0.2) is 0 Å². The van der Waals surface area contributed by atoms with Crippen LogP contribution >= 0.6 is 0 Å². The van der Waals surface area contributed by atoms with Gasteiger partial charge in [-0.05, 0) is 85.3 Å². The fourth-order valence-corrected chi connectivity index (χ4v) is 4.33. The Morgan fingerprint density at radius 3 is 2.47 bits per heavy atom. The minimum absolute atomic E-state index is 0.0169. The molecular formula is C29H32N2O3. The Bertz CT molecular complexity index is 1210. The van der Waals surface area contributed by atoms with Crippen molar-refractivity contribution in [3.63, 3.8) is 0 Å². The van der Waals surface area contributed by atoms with E-state index in [9.17, 15) is 9.59 Å². The van der Waals surface area contributed by atoms with Crippen LogP contribution in [0.15, 0.2) is 60.7 Å². The molecule has 1 aliphatic heterocycles. The van der Waals surface area contributed by atoms with E-state index in [1.165, 1.54) is 0 Å². The van der Waals surface area contributed by atoms with Crippen molar-refractivity contribution < 1.29 is 14.3 Å². The molecule has 0 radical (unpaired) electrons. The molecule has 5 heteroatoms. The van der Waals surface area contributed by atoms with Crippen LogP contribution in [0.1, 0.15) is 48.4 Å². The Morgan fingerprint density at radius 1 is 1.03 bits per heavy atom. The van der Waals surface area contributed by atoms with E-state index in [1.54, 1.807) is 4.90 Å². The maximum absolute atomic E-state index is 12.9.